The van der Waals surface area contributed by atoms with Crippen LogP contribution in [0.1, 0.15) is 18.9 Å². The molecule has 0 aliphatic carbocycles. The maximum absolute atomic E-state index is 10.8. The van der Waals surface area contributed by atoms with E-state index in [1.165, 1.54) is 6.08 Å². The SMILES string of the molecule is CCCOc1ccc(C=C(C#N)C(N)=O)cc1. The standard InChI is InChI=1S/C13H14N2O2/c1-2-7-17-12-5-3-10(4-6-12)8-11(9-14)13(15)16/h3-6,8H,2,7H2,1H3,(H2,15,16). The van der Waals surface area contributed by atoms with Gasteiger partial charge in [0.1, 0.15) is 17.4 Å². The number of nitrogens with zero attached hydrogens (tertiary/aromatic N) is 1. The normalized spacial score (nSPS) is 10.7. The van der Waals surface area contributed by atoms with Crippen LogP contribution in [0, 0.1) is 11.3 Å². The van der Waals surface area contributed by atoms with Gasteiger partial charge in [0.25, 0.3) is 5.91 Å². The van der Waals surface area contributed by atoms with Crippen LogP contribution in [0.4, 0.5) is 0 Å². The van der Waals surface area contributed by atoms with Gasteiger partial charge in [-0.25, -0.2) is 0 Å². The van der Waals surface area contributed by atoms with E-state index >= 15 is 0 Å². The first-order valence-electron chi connectivity index (χ1n) is 5.32. The van der Waals surface area contributed by atoms with E-state index in [0.29, 0.717) is 6.61 Å². The molecule has 0 spiro atoms. The number of rotatable bonds is 5. The molecule has 0 aliphatic heterocycles. The molecule has 0 saturated heterocycles. The molecule has 1 aromatic rings. The van der Waals surface area contributed by atoms with Crippen molar-refractivity contribution in [1.29, 1.82) is 5.26 Å². The highest BCUT2D eigenvalue weighted by atomic mass is 16.5. The van der Waals surface area contributed by atoms with Gasteiger partial charge in [0.15, 0.2) is 0 Å². The zero-order chi connectivity index (χ0) is 12.7. The second-order valence-corrected chi connectivity index (χ2v) is 3.45. The summed E-state index contributed by atoms with van der Waals surface area (Å²) in [6.07, 6.45) is 2.40. The molecule has 2 N–H and O–H groups in total. The van der Waals surface area contributed by atoms with Gasteiger partial charge in [0, 0.05) is 0 Å². The van der Waals surface area contributed by atoms with Gasteiger partial charge in [0.05, 0.1) is 6.61 Å². The third-order valence-electron chi connectivity index (χ3n) is 2.05. The maximum Gasteiger partial charge on any atom is 0.259 e. The Balaban J connectivity index is 2.81. The number of nitrogens with two attached hydrogens (primary N) is 1. The number of carbonyl (C=O) groups is 1. The monoisotopic (exact) mass is 230 g/mol. The minimum Gasteiger partial charge on any atom is -0.494 e. The molecule has 1 rings (SSSR count). The number of nitriles is 1. The minimum absolute atomic E-state index is 0.0628. The highest BCUT2D eigenvalue weighted by Gasteiger charge is 2.03. The lowest BCUT2D eigenvalue weighted by atomic mass is 10.1. The lowest BCUT2D eigenvalue weighted by Crippen LogP contribution is -2.12. The minimum atomic E-state index is -0.723. The quantitative estimate of drug-likeness (QED) is 0.619. The first-order valence-corrected chi connectivity index (χ1v) is 5.32. The van der Waals surface area contributed by atoms with E-state index in [1.54, 1.807) is 30.3 Å². The summed E-state index contributed by atoms with van der Waals surface area (Å²) in [4.78, 5) is 10.8. The van der Waals surface area contributed by atoms with Crippen molar-refractivity contribution in [2.45, 2.75) is 13.3 Å². The van der Waals surface area contributed by atoms with Gasteiger partial charge in [-0.15, -0.1) is 0 Å². The molecule has 0 heterocycles. The first-order chi connectivity index (χ1) is 8.17. The molecule has 0 fully saturated rings. The number of carbonyl (C=O) groups excluding carboxylic acids is 1. The average molecular weight is 230 g/mol. The van der Waals surface area contributed by atoms with Crippen molar-refractivity contribution >= 4 is 12.0 Å². The lowest BCUT2D eigenvalue weighted by molar-refractivity contribution is -0.114. The zero-order valence-electron chi connectivity index (χ0n) is 9.64. The summed E-state index contributed by atoms with van der Waals surface area (Å²) in [6, 6.07) is 8.87. The molecule has 0 atom stereocenters. The molecular weight excluding hydrogens is 216 g/mol. The van der Waals surface area contributed by atoms with Crippen molar-refractivity contribution < 1.29 is 9.53 Å². The fourth-order valence-corrected chi connectivity index (χ4v) is 1.21. The van der Waals surface area contributed by atoms with Crippen molar-refractivity contribution in [1.82, 2.24) is 0 Å². The van der Waals surface area contributed by atoms with Crippen molar-refractivity contribution in [3.05, 3.63) is 35.4 Å². The fourth-order valence-electron chi connectivity index (χ4n) is 1.21. The van der Waals surface area contributed by atoms with Crippen LogP contribution in [0.2, 0.25) is 0 Å². The Morgan fingerprint density at radius 3 is 2.59 bits per heavy atom. The Morgan fingerprint density at radius 2 is 2.12 bits per heavy atom. The van der Waals surface area contributed by atoms with Crippen LogP contribution in [-0.4, -0.2) is 12.5 Å². The van der Waals surface area contributed by atoms with Crippen LogP contribution in [0.5, 0.6) is 5.75 Å². The van der Waals surface area contributed by atoms with Crippen LogP contribution in [0.3, 0.4) is 0 Å². The van der Waals surface area contributed by atoms with Gasteiger partial charge in [-0.05, 0) is 30.2 Å². The second-order valence-electron chi connectivity index (χ2n) is 3.45. The van der Waals surface area contributed by atoms with Crippen molar-refractivity contribution in [2.75, 3.05) is 6.61 Å². The fraction of sp³-hybridized carbons (Fsp3) is 0.231. The van der Waals surface area contributed by atoms with Crippen LogP contribution in [0.15, 0.2) is 29.8 Å². The molecule has 0 aromatic heterocycles. The third kappa shape index (κ3) is 3.99. The maximum atomic E-state index is 10.8. The molecule has 4 nitrogen and oxygen atoms in total. The zero-order valence-corrected chi connectivity index (χ0v) is 9.64. The lowest BCUT2D eigenvalue weighted by Gasteiger charge is -2.04. The molecule has 17 heavy (non-hydrogen) atoms. The predicted molar refractivity (Wildman–Crippen MR) is 65.0 cm³/mol. The first kappa shape index (κ1) is 12.8. The molecule has 4 heteroatoms. The van der Waals surface area contributed by atoms with Gasteiger partial charge in [-0.1, -0.05) is 19.1 Å². The molecule has 0 bridgehead atoms. The van der Waals surface area contributed by atoms with Crippen LogP contribution < -0.4 is 10.5 Å². The van der Waals surface area contributed by atoms with Crippen molar-refractivity contribution in [2.24, 2.45) is 5.73 Å². The van der Waals surface area contributed by atoms with Gasteiger partial charge >= 0.3 is 0 Å². The van der Waals surface area contributed by atoms with Crippen LogP contribution >= 0.6 is 0 Å². The summed E-state index contributed by atoms with van der Waals surface area (Å²) >= 11 is 0. The third-order valence-corrected chi connectivity index (χ3v) is 2.05. The van der Waals surface area contributed by atoms with E-state index in [-0.39, 0.29) is 5.57 Å². The molecule has 1 aromatic carbocycles. The van der Waals surface area contributed by atoms with Crippen LogP contribution in [0.25, 0.3) is 6.08 Å². The molecular formula is C13H14N2O2. The molecule has 0 saturated carbocycles. The predicted octanol–water partition coefficient (Wildman–Crippen LogP) is 1.87. The van der Waals surface area contributed by atoms with E-state index in [1.807, 2.05) is 6.92 Å². The molecule has 0 radical (unpaired) electrons. The Kier molecular flexibility index (Phi) is 4.77. The van der Waals surface area contributed by atoms with E-state index in [0.717, 1.165) is 17.7 Å². The van der Waals surface area contributed by atoms with Crippen LogP contribution in [-0.2, 0) is 4.79 Å². The van der Waals surface area contributed by atoms with Gasteiger partial charge < -0.3 is 10.5 Å². The summed E-state index contributed by atoms with van der Waals surface area (Å²) in [5, 5.41) is 8.68. The highest BCUT2D eigenvalue weighted by molar-refractivity contribution is 6.00. The van der Waals surface area contributed by atoms with Gasteiger partial charge in [0.2, 0.25) is 0 Å². The number of primary amides is 1. The molecule has 1 amide bonds. The summed E-state index contributed by atoms with van der Waals surface area (Å²) in [5.74, 6) is 0.0420. The topological polar surface area (TPSA) is 76.1 Å². The number of ether oxygens (including phenoxy) is 1. The summed E-state index contributed by atoms with van der Waals surface area (Å²) in [6.45, 7) is 2.70. The highest BCUT2D eigenvalue weighted by Crippen LogP contribution is 2.14. The summed E-state index contributed by atoms with van der Waals surface area (Å²) in [7, 11) is 0. The second kappa shape index (κ2) is 6.33. The Hall–Kier alpha value is -2.28. The Bertz CT molecular complexity index is 455. The average Bonchev–Trinajstić information content (AvgIpc) is 2.34. The van der Waals surface area contributed by atoms with Crippen molar-refractivity contribution in [3.63, 3.8) is 0 Å². The smallest absolute Gasteiger partial charge is 0.259 e. The van der Waals surface area contributed by atoms with E-state index < -0.39 is 5.91 Å². The summed E-state index contributed by atoms with van der Waals surface area (Å²) in [5.41, 5.74) is 5.71. The van der Waals surface area contributed by atoms with Gasteiger partial charge in [-0.2, -0.15) is 5.26 Å². The number of amides is 1. The number of benzene rings is 1. The molecule has 0 aliphatic rings. The van der Waals surface area contributed by atoms with E-state index in [9.17, 15) is 4.79 Å². The molecule has 88 valence electrons. The summed E-state index contributed by atoms with van der Waals surface area (Å²) < 4.78 is 5.41. The number of hydrogen-bond donors (Lipinski definition) is 1. The molecule has 0 unspecified atom stereocenters. The van der Waals surface area contributed by atoms with Gasteiger partial charge in [-0.3, -0.25) is 4.79 Å². The van der Waals surface area contributed by atoms with E-state index in [4.69, 9.17) is 15.7 Å². The Labute approximate surface area is 100 Å². The largest absolute Gasteiger partial charge is 0.494 e. The van der Waals surface area contributed by atoms with Crippen molar-refractivity contribution in [3.8, 4) is 11.8 Å². The number of hydrogen-bond acceptors (Lipinski definition) is 3. The van der Waals surface area contributed by atoms with E-state index in [2.05, 4.69) is 0 Å². The Morgan fingerprint density at radius 1 is 1.47 bits per heavy atom.